The minimum Gasteiger partial charge on any atom is -0.465 e. The molecule has 0 N–H and O–H groups in total. The van der Waals surface area contributed by atoms with E-state index >= 15 is 0 Å². The molecule has 0 spiro atoms. The molecule has 0 saturated carbocycles. The fraction of sp³-hybridized carbons (Fsp3) is 0.467. The Morgan fingerprint density at radius 3 is 2.89 bits per heavy atom. The average Bonchev–Trinajstić information content (AvgIpc) is 2.46. The highest BCUT2D eigenvalue weighted by Gasteiger charge is 2.20. The van der Waals surface area contributed by atoms with Crippen LogP contribution in [0.2, 0.25) is 0 Å². The lowest BCUT2D eigenvalue weighted by Gasteiger charge is -2.35. The predicted molar refractivity (Wildman–Crippen MR) is 73.2 cm³/mol. The number of rotatable bonds is 2. The minimum absolute atomic E-state index is 0.332. The molecule has 1 saturated heterocycles. The van der Waals surface area contributed by atoms with E-state index in [4.69, 9.17) is 0 Å². The van der Waals surface area contributed by atoms with Gasteiger partial charge >= 0.3 is 5.97 Å². The summed E-state index contributed by atoms with van der Waals surface area (Å²) in [6, 6.07) is 7.92. The first-order chi connectivity index (χ1) is 9.17. The second-order valence-corrected chi connectivity index (χ2v) is 4.87. The third-order valence-corrected chi connectivity index (χ3v) is 3.66. The van der Waals surface area contributed by atoms with Crippen LogP contribution in [0, 0.1) is 11.3 Å². The van der Waals surface area contributed by atoms with Gasteiger partial charge in [0.15, 0.2) is 0 Å². The summed E-state index contributed by atoms with van der Waals surface area (Å²) in [5.74, 6) is -0.463. The van der Waals surface area contributed by atoms with Gasteiger partial charge in [-0.05, 0) is 44.4 Å². The van der Waals surface area contributed by atoms with E-state index in [1.165, 1.54) is 26.4 Å². The minimum atomic E-state index is -0.463. The Kier molecular flexibility index (Phi) is 4.06. The van der Waals surface area contributed by atoms with Gasteiger partial charge < -0.3 is 9.64 Å². The lowest BCUT2D eigenvalue weighted by Crippen LogP contribution is -2.37. The van der Waals surface area contributed by atoms with Crippen molar-refractivity contribution in [3.8, 4) is 6.07 Å². The summed E-state index contributed by atoms with van der Waals surface area (Å²) in [6.45, 7) is 3.20. The van der Waals surface area contributed by atoms with Gasteiger partial charge in [0.1, 0.15) is 6.07 Å². The highest BCUT2D eigenvalue weighted by atomic mass is 16.5. The average molecular weight is 258 g/mol. The van der Waals surface area contributed by atoms with Crippen LogP contribution in [0.15, 0.2) is 18.2 Å². The molecular weight excluding hydrogens is 240 g/mol. The summed E-state index contributed by atoms with van der Waals surface area (Å²) in [5.41, 5.74) is 1.72. The van der Waals surface area contributed by atoms with Crippen LogP contribution < -0.4 is 4.90 Å². The van der Waals surface area contributed by atoms with Crippen molar-refractivity contribution in [3.63, 3.8) is 0 Å². The number of benzene rings is 1. The summed E-state index contributed by atoms with van der Waals surface area (Å²) in [7, 11) is 1.32. The molecule has 19 heavy (non-hydrogen) atoms. The second-order valence-electron chi connectivity index (χ2n) is 4.87. The fourth-order valence-corrected chi connectivity index (χ4v) is 2.57. The van der Waals surface area contributed by atoms with Crippen molar-refractivity contribution in [2.75, 3.05) is 18.6 Å². The van der Waals surface area contributed by atoms with E-state index in [0.29, 0.717) is 17.2 Å². The Labute approximate surface area is 113 Å². The maximum Gasteiger partial charge on any atom is 0.339 e. The Bertz CT molecular complexity index is 519. The Hall–Kier alpha value is -2.02. The second kappa shape index (κ2) is 5.75. The molecule has 1 heterocycles. The van der Waals surface area contributed by atoms with Gasteiger partial charge in [0.05, 0.1) is 18.2 Å². The zero-order valence-corrected chi connectivity index (χ0v) is 11.3. The molecule has 0 bridgehead atoms. The number of methoxy groups -OCH3 is 1. The number of anilines is 1. The molecule has 1 fully saturated rings. The summed E-state index contributed by atoms with van der Waals surface area (Å²) >= 11 is 0. The Morgan fingerprint density at radius 1 is 1.47 bits per heavy atom. The first kappa shape index (κ1) is 13.4. The predicted octanol–water partition coefficient (Wildman–Crippen LogP) is 2.72. The highest BCUT2D eigenvalue weighted by Crippen LogP contribution is 2.26. The number of hydrogen-bond acceptors (Lipinski definition) is 4. The van der Waals surface area contributed by atoms with Crippen LogP contribution in [0.25, 0.3) is 0 Å². The smallest absolute Gasteiger partial charge is 0.339 e. The molecule has 0 radical (unpaired) electrons. The molecule has 4 nitrogen and oxygen atoms in total. The molecule has 1 aliphatic heterocycles. The van der Waals surface area contributed by atoms with Gasteiger partial charge in [-0.3, -0.25) is 0 Å². The SMILES string of the molecule is COC(=O)c1ccc(N2CCCCC2C)cc1C#N. The Morgan fingerprint density at radius 2 is 2.26 bits per heavy atom. The van der Waals surface area contributed by atoms with E-state index in [-0.39, 0.29) is 0 Å². The number of hydrogen-bond donors (Lipinski definition) is 0. The molecular formula is C15H18N2O2. The zero-order valence-electron chi connectivity index (χ0n) is 11.3. The quantitative estimate of drug-likeness (QED) is 0.765. The molecule has 100 valence electrons. The van der Waals surface area contributed by atoms with Crippen molar-refractivity contribution < 1.29 is 9.53 Å². The van der Waals surface area contributed by atoms with E-state index in [0.717, 1.165) is 12.2 Å². The van der Waals surface area contributed by atoms with Crippen LogP contribution in [-0.4, -0.2) is 25.7 Å². The number of nitrogens with zero attached hydrogens (tertiary/aromatic N) is 2. The van der Waals surface area contributed by atoms with Gasteiger partial charge in [0.25, 0.3) is 0 Å². The van der Waals surface area contributed by atoms with Gasteiger partial charge in [-0.15, -0.1) is 0 Å². The number of ether oxygens (including phenoxy) is 1. The van der Waals surface area contributed by atoms with Gasteiger partial charge in [-0.25, -0.2) is 4.79 Å². The molecule has 1 aliphatic rings. The number of esters is 1. The molecule has 2 rings (SSSR count). The largest absolute Gasteiger partial charge is 0.465 e. The first-order valence-corrected chi connectivity index (χ1v) is 6.56. The molecule has 0 aliphatic carbocycles. The highest BCUT2D eigenvalue weighted by molar-refractivity contribution is 5.92. The molecule has 0 aromatic heterocycles. The molecule has 1 unspecified atom stereocenters. The number of piperidine rings is 1. The fourth-order valence-electron chi connectivity index (χ4n) is 2.57. The van der Waals surface area contributed by atoms with Gasteiger partial charge in [0.2, 0.25) is 0 Å². The van der Waals surface area contributed by atoms with E-state index in [2.05, 4.69) is 22.6 Å². The van der Waals surface area contributed by atoms with Gasteiger partial charge in [0, 0.05) is 18.3 Å². The maximum absolute atomic E-state index is 11.6. The van der Waals surface area contributed by atoms with E-state index < -0.39 is 5.97 Å². The van der Waals surface area contributed by atoms with Crippen LogP contribution in [0.5, 0.6) is 0 Å². The van der Waals surface area contributed by atoms with Crippen LogP contribution in [0.1, 0.15) is 42.1 Å². The third-order valence-electron chi connectivity index (χ3n) is 3.66. The number of carbonyl (C=O) groups excluding carboxylic acids is 1. The molecule has 1 aromatic carbocycles. The summed E-state index contributed by atoms with van der Waals surface area (Å²) < 4.78 is 4.68. The van der Waals surface area contributed by atoms with Gasteiger partial charge in [-0.2, -0.15) is 5.26 Å². The normalized spacial score (nSPS) is 18.8. The summed E-state index contributed by atoms with van der Waals surface area (Å²) in [4.78, 5) is 13.9. The maximum atomic E-state index is 11.6. The van der Waals surface area contributed by atoms with Crippen molar-refractivity contribution >= 4 is 11.7 Å². The first-order valence-electron chi connectivity index (χ1n) is 6.56. The van der Waals surface area contributed by atoms with E-state index in [1.807, 2.05) is 6.07 Å². The monoisotopic (exact) mass is 258 g/mol. The standard InChI is InChI=1S/C15H18N2O2/c1-11-5-3-4-8-17(11)13-6-7-14(15(18)19-2)12(9-13)10-16/h6-7,9,11H,3-5,8H2,1-2H3. The van der Waals surface area contributed by atoms with Crippen molar-refractivity contribution in [3.05, 3.63) is 29.3 Å². The third kappa shape index (κ3) is 2.70. The molecule has 1 aromatic rings. The lowest BCUT2D eigenvalue weighted by molar-refractivity contribution is 0.0600. The van der Waals surface area contributed by atoms with E-state index in [1.54, 1.807) is 12.1 Å². The Balaban J connectivity index is 2.34. The number of nitriles is 1. The van der Waals surface area contributed by atoms with Crippen LogP contribution >= 0.6 is 0 Å². The molecule has 4 heteroatoms. The van der Waals surface area contributed by atoms with Crippen molar-refractivity contribution in [2.45, 2.75) is 32.2 Å². The lowest BCUT2D eigenvalue weighted by atomic mass is 10.0. The van der Waals surface area contributed by atoms with Gasteiger partial charge in [-0.1, -0.05) is 0 Å². The molecule has 1 atom stereocenters. The topological polar surface area (TPSA) is 53.3 Å². The van der Waals surface area contributed by atoms with Crippen LogP contribution in [0.3, 0.4) is 0 Å². The number of carbonyl (C=O) groups is 1. The van der Waals surface area contributed by atoms with Crippen molar-refractivity contribution in [1.29, 1.82) is 5.26 Å². The van der Waals surface area contributed by atoms with Crippen molar-refractivity contribution in [1.82, 2.24) is 0 Å². The van der Waals surface area contributed by atoms with Crippen LogP contribution in [0.4, 0.5) is 5.69 Å². The molecule has 0 amide bonds. The van der Waals surface area contributed by atoms with Crippen molar-refractivity contribution in [2.24, 2.45) is 0 Å². The zero-order chi connectivity index (χ0) is 13.8. The summed E-state index contributed by atoms with van der Waals surface area (Å²) in [5, 5.41) is 9.18. The summed E-state index contributed by atoms with van der Waals surface area (Å²) in [6.07, 6.45) is 3.59. The van der Waals surface area contributed by atoms with E-state index in [9.17, 15) is 10.1 Å². The van der Waals surface area contributed by atoms with Crippen LogP contribution in [-0.2, 0) is 4.74 Å².